The summed E-state index contributed by atoms with van der Waals surface area (Å²) in [4.78, 5) is 24.7. The Morgan fingerprint density at radius 3 is 1.26 bits per heavy atom. The molecule has 50 heavy (non-hydrogen) atoms. The maximum atomic E-state index is 13.0. The van der Waals surface area contributed by atoms with Gasteiger partial charge in [0.25, 0.3) is 20.2 Å². The van der Waals surface area contributed by atoms with Crippen molar-refractivity contribution in [1.29, 1.82) is 0 Å². The van der Waals surface area contributed by atoms with E-state index in [1.54, 1.807) is 48.5 Å². The molecular weight excluding hydrogens is 685 g/mol. The van der Waals surface area contributed by atoms with E-state index in [0.29, 0.717) is 22.7 Å². The Bertz CT molecular complexity index is 2290. The van der Waals surface area contributed by atoms with Gasteiger partial charge in [0.05, 0.1) is 11.4 Å². The molecule has 2 aliphatic carbocycles. The van der Waals surface area contributed by atoms with Crippen molar-refractivity contribution in [1.82, 2.24) is 0 Å². The Balaban J connectivity index is 1.13. The van der Waals surface area contributed by atoms with Crippen LogP contribution >= 0.6 is 0 Å². The Labute approximate surface area is 285 Å². The molecule has 6 rings (SSSR count). The standard InChI is InChI=1S/C34H26N6O8S2/c35-23-7-13-27-21(15-23)17-29(49(43,44)45)31(33(27)41)39-37-25-9-3-19(4-10-25)1-2-20-5-11-26(12-6-20)38-40-32-30(50(46,47)48)18-22-16-24(36)8-14-28(22)34(32)42/h1-18,37-38H,35-36H2,(H,43,44,45)(H,46,47,48)/b2-1+,39-31+,40-32+. The second-order valence-electron chi connectivity index (χ2n) is 11.0. The van der Waals surface area contributed by atoms with Crippen molar-refractivity contribution in [2.24, 2.45) is 10.2 Å². The monoisotopic (exact) mass is 710 g/mol. The first-order chi connectivity index (χ1) is 23.7. The van der Waals surface area contributed by atoms with Gasteiger partial charge in [-0.3, -0.25) is 29.5 Å². The van der Waals surface area contributed by atoms with Crippen LogP contribution in [0.2, 0.25) is 0 Å². The number of Topliss-reactive ketones (excluding diaryl/α,β-unsaturated/α-hetero) is 2. The van der Waals surface area contributed by atoms with Crippen LogP contribution in [-0.2, 0) is 20.2 Å². The molecule has 0 saturated carbocycles. The summed E-state index contributed by atoms with van der Waals surface area (Å²) >= 11 is 0. The van der Waals surface area contributed by atoms with Gasteiger partial charge in [0, 0.05) is 22.5 Å². The van der Waals surface area contributed by atoms with Crippen LogP contribution in [0.25, 0.3) is 24.3 Å². The van der Waals surface area contributed by atoms with Crippen LogP contribution in [-0.4, -0.2) is 48.9 Å². The second-order valence-corrected chi connectivity index (χ2v) is 13.8. The number of hydrazone groups is 2. The number of rotatable bonds is 8. The molecule has 0 heterocycles. The van der Waals surface area contributed by atoms with Gasteiger partial charge in [-0.15, -0.1) is 0 Å². The number of anilines is 4. The van der Waals surface area contributed by atoms with E-state index < -0.39 is 53.0 Å². The lowest BCUT2D eigenvalue weighted by Crippen LogP contribution is -2.27. The normalized spacial score (nSPS) is 16.2. The highest BCUT2D eigenvalue weighted by molar-refractivity contribution is 7.91. The van der Waals surface area contributed by atoms with Crippen molar-refractivity contribution in [2.45, 2.75) is 0 Å². The topological polar surface area (TPSA) is 244 Å². The van der Waals surface area contributed by atoms with E-state index in [4.69, 9.17) is 11.5 Å². The molecule has 16 heteroatoms. The minimum Gasteiger partial charge on any atom is -0.399 e. The minimum atomic E-state index is -4.78. The molecule has 14 nitrogen and oxygen atoms in total. The number of allylic oxidation sites excluding steroid dienone is 2. The number of fused-ring (bicyclic) bond motifs is 2. The van der Waals surface area contributed by atoms with E-state index in [2.05, 4.69) is 21.1 Å². The van der Waals surface area contributed by atoms with Crippen molar-refractivity contribution in [2.75, 3.05) is 22.3 Å². The summed E-state index contributed by atoms with van der Waals surface area (Å²) in [5.41, 5.74) is 19.8. The predicted octanol–water partition coefficient (Wildman–Crippen LogP) is 4.81. The molecule has 8 N–H and O–H groups in total. The zero-order valence-electron chi connectivity index (χ0n) is 25.6. The first kappa shape index (κ1) is 33.7. The van der Waals surface area contributed by atoms with Gasteiger partial charge in [-0.1, -0.05) is 36.4 Å². The quantitative estimate of drug-likeness (QED) is 0.0625. The van der Waals surface area contributed by atoms with E-state index in [9.17, 15) is 35.5 Å². The number of nitrogens with zero attached hydrogens (tertiary/aromatic N) is 2. The Morgan fingerprint density at radius 2 is 0.920 bits per heavy atom. The largest absolute Gasteiger partial charge is 0.399 e. The average Bonchev–Trinajstić information content (AvgIpc) is 3.06. The summed E-state index contributed by atoms with van der Waals surface area (Å²) in [6.07, 6.45) is 5.91. The fourth-order valence-corrected chi connectivity index (χ4v) is 6.41. The minimum absolute atomic E-state index is 0.185. The average molecular weight is 711 g/mol. The maximum absolute atomic E-state index is 13.0. The third kappa shape index (κ3) is 7.13. The predicted molar refractivity (Wildman–Crippen MR) is 193 cm³/mol. The molecule has 0 atom stereocenters. The van der Waals surface area contributed by atoms with Crippen LogP contribution in [0.3, 0.4) is 0 Å². The molecule has 0 radical (unpaired) electrons. The molecule has 0 spiro atoms. The molecule has 0 unspecified atom stereocenters. The van der Waals surface area contributed by atoms with E-state index in [0.717, 1.165) is 23.3 Å². The summed E-state index contributed by atoms with van der Waals surface area (Å²) in [6, 6.07) is 22.4. The molecule has 0 aliphatic heterocycles. The van der Waals surface area contributed by atoms with Crippen LogP contribution in [0.15, 0.2) is 105 Å². The van der Waals surface area contributed by atoms with Gasteiger partial charge in [-0.25, -0.2) is 0 Å². The van der Waals surface area contributed by atoms with Crippen molar-refractivity contribution in [3.63, 3.8) is 0 Å². The van der Waals surface area contributed by atoms with Gasteiger partial charge in [-0.05, 0) is 95.1 Å². The summed E-state index contributed by atoms with van der Waals surface area (Å²) < 4.78 is 67.6. The molecule has 0 fully saturated rings. The fourth-order valence-electron chi connectivity index (χ4n) is 5.09. The number of benzene rings is 4. The van der Waals surface area contributed by atoms with Crippen molar-refractivity contribution in [3.8, 4) is 0 Å². The molecule has 2 aliphatic rings. The number of hydrogen-bond acceptors (Lipinski definition) is 12. The number of nitrogens with two attached hydrogens (primary N) is 2. The Morgan fingerprint density at radius 1 is 0.560 bits per heavy atom. The van der Waals surface area contributed by atoms with Gasteiger partial charge < -0.3 is 11.5 Å². The Hall–Kier alpha value is -6.20. The van der Waals surface area contributed by atoms with Crippen LogP contribution in [0.4, 0.5) is 22.7 Å². The molecule has 0 aromatic heterocycles. The molecule has 0 saturated heterocycles. The van der Waals surface area contributed by atoms with E-state index >= 15 is 0 Å². The van der Waals surface area contributed by atoms with Crippen LogP contribution in [0.1, 0.15) is 43.0 Å². The lowest BCUT2D eigenvalue weighted by Gasteiger charge is -2.16. The molecule has 0 bridgehead atoms. The van der Waals surface area contributed by atoms with Gasteiger partial charge in [0.15, 0.2) is 11.4 Å². The van der Waals surface area contributed by atoms with Crippen molar-refractivity contribution < 1.29 is 35.5 Å². The molecule has 252 valence electrons. The van der Waals surface area contributed by atoms with E-state index in [1.807, 2.05) is 12.2 Å². The Kier molecular flexibility index (Phi) is 8.77. The van der Waals surface area contributed by atoms with Gasteiger partial charge in [0.2, 0.25) is 11.6 Å². The lowest BCUT2D eigenvalue weighted by atomic mass is 9.94. The van der Waals surface area contributed by atoms with Crippen molar-refractivity contribution >= 4 is 90.3 Å². The van der Waals surface area contributed by atoms with E-state index in [1.165, 1.54) is 36.4 Å². The summed E-state index contributed by atoms with van der Waals surface area (Å²) in [5, 5.41) is 7.98. The zero-order valence-corrected chi connectivity index (χ0v) is 27.2. The van der Waals surface area contributed by atoms with Gasteiger partial charge in [0.1, 0.15) is 9.81 Å². The van der Waals surface area contributed by atoms with Crippen LogP contribution in [0, 0.1) is 0 Å². The summed E-state index contributed by atoms with van der Waals surface area (Å²) in [5.74, 6) is -1.40. The molecule has 4 aromatic carbocycles. The summed E-state index contributed by atoms with van der Waals surface area (Å²) in [6.45, 7) is 0. The molecular formula is C34H26N6O8S2. The SMILES string of the molecule is Nc1ccc2c(c1)C=C(S(=O)(=O)O)/C(=N\Nc1ccc(/C=C/c3ccc(N/N=C4/C(=O)c5ccc(N)cc5C=C4S(=O)(=O)O)cc3)cc1)C2=O. The van der Waals surface area contributed by atoms with Crippen LogP contribution in [0.5, 0.6) is 0 Å². The second kappa shape index (κ2) is 13.0. The number of nitrogens with one attached hydrogen (secondary N) is 2. The van der Waals surface area contributed by atoms with Crippen molar-refractivity contribution in [3.05, 3.63) is 128 Å². The van der Waals surface area contributed by atoms with Gasteiger partial charge >= 0.3 is 0 Å². The highest BCUT2D eigenvalue weighted by atomic mass is 32.2. The number of carbonyl (C=O) groups excluding carboxylic acids is 2. The lowest BCUT2D eigenvalue weighted by molar-refractivity contribution is 0.105. The third-order valence-electron chi connectivity index (χ3n) is 7.55. The van der Waals surface area contributed by atoms with Gasteiger partial charge in [-0.2, -0.15) is 27.0 Å². The molecule has 4 aromatic rings. The zero-order chi connectivity index (χ0) is 35.8. The highest BCUT2D eigenvalue weighted by Gasteiger charge is 2.34. The first-order valence-electron chi connectivity index (χ1n) is 14.5. The highest BCUT2D eigenvalue weighted by Crippen LogP contribution is 2.29. The molecule has 0 amide bonds. The van der Waals surface area contributed by atoms with E-state index in [-0.39, 0.29) is 22.3 Å². The third-order valence-corrected chi connectivity index (χ3v) is 9.28. The smallest absolute Gasteiger partial charge is 0.296 e. The summed E-state index contributed by atoms with van der Waals surface area (Å²) in [7, 11) is -9.56. The fraction of sp³-hybridized carbons (Fsp3) is 0. The number of nitrogen functional groups attached to an aromatic ring is 2. The number of carbonyl (C=O) groups is 2. The van der Waals surface area contributed by atoms with Crippen LogP contribution < -0.4 is 22.3 Å². The maximum Gasteiger partial charge on any atom is 0.296 e. The number of ketones is 2. The number of hydrogen-bond donors (Lipinski definition) is 6. The first-order valence-corrected chi connectivity index (χ1v) is 17.4.